The summed E-state index contributed by atoms with van der Waals surface area (Å²) in [6.07, 6.45) is -4.40. The van der Waals surface area contributed by atoms with Crippen molar-refractivity contribution in [2.45, 2.75) is 12.2 Å². The number of benzene rings is 1. The van der Waals surface area contributed by atoms with Gasteiger partial charge in [-0.15, -0.1) is 0 Å². The lowest BCUT2D eigenvalue weighted by Gasteiger charge is -2.17. The Kier molecular flexibility index (Phi) is 4.52. The van der Waals surface area contributed by atoms with Crippen molar-refractivity contribution in [1.29, 1.82) is 0 Å². The summed E-state index contributed by atoms with van der Waals surface area (Å²) in [4.78, 5) is 21.5. The van der Waals surface area contributed by atoms with Gasteiger partial charge in [0.25, 0.3) is 0 Å². The quantitative estimate of drug-likeness (QED) is 0.680. The first-order valence-corrected chi connectivity index (χ1v) is 4.95. The van der Waals surface area contributed by atoms with Crippen LogP contribution in [0.25, 0.3) is 0 Å². The molecule has 0 aliphatic rings. The minimum atomic E-state index is -2.21. The molecular formula is C11H10F2O6. The number of hydrogen-bond donors (Lipinski definition) is 3. The lowest BCUT2D eigenvalue weighted by Crippen LogP contribution is -2.30. The second-order valence-electron chi connectivity index (χ2n) is 3.57. The van der Waals surface area contributed by atoms with Crippen LogP contribution in [0.1, 0.15) is 22.0 Å². The molecule has 0 aliphatic carbocycles. The number of carboxylic acids is 1. The van der Waals surface area contributed by atoms with Crippen LogP contribution in [-0.2, 0) is 9.53 Å². The van der Waals surface area contributed by atoms with Crippen molar-refractivity contribution < 1.29 is 38.4 Å². The number of ether oxygens (including phenoxy) is 1. The molecule has 3 N–H and O–H groups in total. The van der Waals surface area contributed by atoms with Gasteiger partial charge in [0.15, 0.2) is 6.10 Å². The molecule has 104 valence electrons. The number of rotatable bonds is 4. The van der Waals surface area contributed by atoms with Gasteiger partial charge in [0.2, 0.25) is 0 Å². The van der Waals surface area contributed by atoms with Crippen molar-refractivity contribution in [2.75, 3.05) is 7.11 Å². The number of carbonyl (C=O) groups is 2. The summed E-state index contributed by atoms with van der Waals surface area (Å²) in [5.74, 6) is -5.64. The molecule has 6 nitrogen and oxygen atoms in total. The van der Waals surface area contributed by atoms with Crippen molar-refractivity contribution >= 4 is 11.9 Å². The highest BCUT2D eigenvalue weighted by Crippen LogP contribution is 2.25. The molecule has 0 saturated heterocycles. The maximum Gasteiger partial charge on any atom is 0.337 e. The smallest absolute Gasteiger partial charge is 0.337 e. The first-order valence-electron chi connectivity index (χ1n) is 4.95. The van der Waals surface area contributed by atoms with Crippen LogP contribution >= 0.6 is 0 Å². The normalized spacial score (nSPS) is 13.7. The molecule has 0 bridgehead atoms. The molecule has 2 atom stereocenters. The summed E-state index contributed by atoms with van der Waals surface area (Å²) in [5, 5.41) is 27.4. The van der Waals surface area contributed by atoms with Gasteiger partial charge >= 0.3 is 11.9 Å². The van der Waals surface area contributed by atoms with E-state index in [0.717, 1.165) is 7.11 Å². The molecule has 1 aromatic carbocycles. The Hall–Kier alpha value is -2.06. The van der Waals surface area contributed by atoms with Crippen LogP contribution in [0.4, 0.5) is 8.78 Å². The van der Waals surface area contributed by atoms with Gasteiger partial charge in [-0.2, -0.15) is 0 Å². The standard InChI is InChI=1S/C11H10F2O6/c1-19-11(18)9(15)8(14)7-5(12)2-4(10(16)17)3-6(7)13/h2-3,8-9,14-15H,1H3,(H,16,17). The summed E-state index contributed by atoms with van der Waals surface area (Å²) >= 11 is 0. The number of methoxy groups -OCH3 is 1. The molecular weight excluding hydrogens is 266 g/mol. The summed E-state index contributed by atoms with van der Waals surface area (Å²) in [6, 6.07) is 0.932. The van der Waals surface area contributed by atoms with E-state index in [1.54, 1.807) is 0 Å². The van der Waals surface area contributed by atoms with Crippen molar-refractivity contribution in [1.82, 2.24) is 0 Å². The number of aliphatic hydroxyl groups is 2. The summed E-state index contributed by atoms with van der Waals surface area (Å²) in [6.45, 7) is 0. The van der Waals surface area contributed by atoms with Gasteiger partial charge < -0.3 is 20.1 Å². The first kappa shape index (κ1) is 15.0. The third-order valence-corrected chi connectivity index (χ3v) is 2.36. The number of hydrogen-bond acceptors (Lipinski definition) is 5. The van der Waals surface area contributed by atoms with E-state index in [9.17, 15) is 28.6 Å². The lowest BCUT2D eigenvalue weighted by molar-refractivity contribution is -0.157. The fourth-order valence-corrected chi connectivity index (χ4v) is 1.40. The van der Waals surface area contributed by atoms with Crippen LogP contribution < -0.4 is 0 Å². The zero-order valence-corrected chi connectivity index (χ0v) is 9.63. The third kappa shape index (κ3) is 3.04. The Balaban J connectivity index is 3.21. The molecule has 0 aliphatic heterocycles. The fourth-order valence-electron chi connectivity index (χ4n) is 1.40. The molecule has 0 fully saturated rings. The average Bonchev–Trinajstić information content (AvgIpc) is 2.35. The van der Waals surface area contributed by atoms with Crippen LogP contribution in [0.15, 0.2) is 12.1 Å². The Morgan fingerprint density at radius 2 is 1.68 bits per heavy atom. The van der Waals surface area contributed by atoms with Crippen LogP contribution in [0.5, 0.6) is 0 Å². The van der Waals surface area contributed by atoms with Crippen molar-refractivity contribution in [2.24, 2.45) is 0 Å². The Bertz CT molecular complexity index is 493. The second-order valence-corrected chi connectivity index (χ2v) is 3.57. The highest BCUT2D eigenvalue weighted by molar-refractivity contribution is 5.87. The molecule has 0 heterocycles. The van der Waals surface area contributed by atoms with Gasteiger partial charge in [-0.05, 0) is 12.1 Å². The zero-order valence-electron chi connectivity index (χ0n) is 9.63. The predicted molar refractivity (Wildman–Crippen MR) is 56.3 cm³/mol. The van der Waals surface area contributed by atoms with Crippen LogP contribution in [0.3, 0.4) is 0 Å². The molecule has 19 heavy (non-hydrogen) atoms. The van der Waals surface area contributed by atoms with E-state index in [4.69, 9.17) is 5.11 Å². The van der Waals surface area contributed by atoms with Crippen LogP contribution in [-0.4, -0.2) is 40.5 Å². The molecule has 1 aromatic rings. The van der Waals surface area contributed by atoms with E-state index in [-0.39, 0.29) is 0 Å². The summed E-state index contributed by atoms with van der Waals surface area (Å²) < 4.78 is 31.2. The van der Waals surface area contributed by atoms with Gasteiger partial charge in [-0.1, -0.05) is 0 Å². The molecule has 0 amide bonds. The average molecular weight is 276 g/mol. The Morgan fingerprint density at radius 3 is 2.05 bits per heavy atom. The summed E-state index contributed by atoms with van der Waals surface area (Å²) in [5.41, 5.74) is -1.68. The zero-order chi connectivity index (χ0) is 14.7. The maximum absolute atomic E-state index is 13.5. The minimum Gasteiger partial charge on any atom is -0.478 e. The Labute approximate surface area is 105 Å². The van der Waals surface area contributed by atoms with Crippen LogP contribution in [0, 0.1) is 11.6 Å². The molecule has 2 unspecified atom stereocenters. The van der Waals surface area contributed by atoms with Gasteiger partial charge in [-0.25, -0.2) is 18.4 Å². The molecule has 0 saturated carbocycles. The number of halogens is 2. The molecule has 0 aromatic heterocycles. The lowest BCUT2D eigenvalue weighted by atomic mass is 10.0. The Morgan fingerprint density at radius 1 is 1.21 bits per heavy atom. The first-order chi connectivity index (χ1) is 8.79. The van der Waals surface area contributed by atoms with E-state index >= 15 is 0 Å². The topological polar surface area (TPSA) is 104 Å². The fraction of sp³-hybridized carbons (Fsp3) is 0.273. The molecule has 0 spiro atoms. The highest BCUT2D eigenvalue weighted by Gasteiger charge is 2.31. The minimum absolute atomic E-state index is 0.466. The number of aromatic carboxylic acids is 1. The van der Waals surface area contributed by atoms with E-state index < -0.39 is 46.9 Å². The summed E-state index contributed by atoms with van der Waals surface area (Å²) in [7, 11) is 0.915. The van der Waals surface area contributed by atoms with E-state index in [1.165, 1.54) is 0 Å². The van der Waals surface area contributed by atoms with Crippen molar-refractivity contribution in [3.63, 3.8) is 0 Å². The van der Waals surface area contributed by atoms with Gasteiger partial charge in [0, 0.05) is 0 Å². The van der Waals surface area contributed by atoms with E-state index in [2.05, 4.69) is 4.74 Å². The van der Waals surface area contributed by atoms with Crippen molar-refractivity contribution in [3.05, 3.63) is 34.9 Å². The van der Waals surface area contributed by atoms with Gasteiger partial charge in [0.05, 0.1) is 18.2 Å². The van der Waals surface area contributed by atoms with E-state index in [1.807, 2.05) is 0 Å². The largest absolute Gasteiger partial charge is 0.478 e. The molecule has 8 heteroatoms. The van der Waals surface area contributed by atoms with E-state index in [0.29, 0.717) is 12.1 Å². The van der Waals surface area contributed by atoms with Crippen molar-refractivity contribution in [3.8, 4) is 0 Å². The number of aliphatic hydroxyl groups excluding tert-OH is 2. The predicted octanol–water partition coefficient (Wildman–Crippen LogP) is 0.230. The third-order valence-electron chi connectivity index (χ3n) is 2.36. The number of carbonyl (C=O) groups excluding carboxylic acids is 1. The molecule has 1 rings (SSSR count). The monoisotopic (exact) mass is 276 g/mol. The number of carboxylic acid groups (broad SMARTS) is 1. The maximum atomic E-state index is 13.5. The SMILES string of the molecule is COC(=O)C(O)C(O)c1c(F)cc(C(=O)O)cc1F. The molecule has 0 radical (unpaired) electrons. The van der Waals surface area contributed by atoms with Crippen LogP contribution in [0.2, 0.25) is 0 Å². The number of esters is 1. The highest BCUT2D eigenvalue weighted by atomic mass is 19.1. The second kappa shape index (κ2) is 5.72. The van der Waals surface area contributed by atoms with Gasteiger partial charge in [0.1, 0.15) is 17.7 Å². The van der Waals surface area contributed by atoms with Gasteiger partial charge in [-0.3, -0.25) is 0 Å².